The van der Waals surface area contributed by atoms with Gasteiger partial charge in [-0.25, -0.2) is 0 Å². The highest BCUT2D eigenvalue weighted by Crippen LogP contribution is 2.34. The van der Waals surface area contributed by atoms with Crippen molar-refractivity contribution in [2.24, 2.45) is 0 Å². The average Bonchev–Trinajstić information content (AvgIpc) is 2.48. The van der Waals surface area contributed by atoms with Gasteiger partial charge >= 0.3 is 7.60 Å². The summed E-state index contributed by atoms with van der Waals surface area (Å²) in [5, 5.41) is 0. The third-order valence-electron chi connectivity index (χ3n) is 3.42. The summed E-state index contributed by atoms with van der Waals surface area (Å²) in [5.74, 6) is 0. The van der Waals surface area contributed by atoms with E-state index in [1.165, 1.54) is 11.1 Å². The van der Waals surface area contributed by atoms with Crippen LogP contribution in [-0.4, -0.2) is 27.4 Å². The van der Waals surface area contributed by atoms with Crippen LogP contribution < -0.4 is 0 Å². The van der Waals surface area contributed by atoms with Gasteiger partial charge in [-0.05, 0) is 24.1 Å². The number of rotatable bonds is 8. The molecule has 0 amide bonds. The standard InChI is InChI=1S/C17H22NO3P/c19-22(20,21)13-7-12-18(14-16-8-3-1-4-9-16)15-17-10-5-2-6-11-17/h1-6,8-11H,7,12-15H2,(H2,19,20,21). The minimum Gasteiger partial charge on any atom is -0.324 e. The molecule has 2 rings (SSSR count). The zero-order chi connectivity index (χ0) is 15.8. The molecule has 0 aliphatic rings. The van der Waals surface area contributed by atoms with Gasteiger partial charge in [0.25, 0.3) is 0 Å². The highest BCUT2D eigenvalue weighted by Gasteiger charge is 2.14. The Hall–Kier alpha value is -1.45. The van der Waals surface area contributed by atoms with Crippen molar-refractivity contribution < 1.29 is 14.4 Å². The second-order valence-corrected chi connectivity index (χ2v) is 7.20. The van der Waals surface area contributed by atoms with E-state index < -0.39 is 7.60 Å². The van der Waals surface area contributed by atoms with E-state index in [9.17, 15) is 4.57 Å². The molecule has 0 saturated heterocycles. The molecule has 0 radical (unpaired) electrons. The van der Waals surface area contributed by atoms with Crippen LogP contribution in [0, 0.1) is 0 Å². The Labute approximate surface area is 131 Å². The van der Waals surface area contributed by atoms with Gasteiger partial charge in [0.2, 0.25) is 0 Å². The SMILES string of the molecule is O=P(O)(O)CCCN(Cc1ccccc1)Cc1ccccc1. The second-order valence-electron chi connectivity index (χ2n) is 5.42. The Morgan fingerprint density at radius 2 is 1.27 bits per heavy atom. The monoisotopic (exact) mass is 319 g/mol. The lowest BCUT2D eigenvalue weighted by atomic mass is 10.1. The van der Waals surface area contributed by atoms with Crippen LogP contribution in [0.1, 0.15) is 17.5 Å². The molecule has 0 aliphatic carbocycles. The molecule has 5 heteroatoms. The first-order chi connectivity index (χ1) is 10.5. The van der Waals surface area contributed by atoms with Crippen molar-refractivity contribution in [1.29, 1.82) is 0 Å². The third kappa shape index (κ3) is 6.54. The molecule has 0 aromatic heterocycles. The summed E-state index contributed by atoms with van der Waals surface area (Å²) >= 11 is 0. The molecule has 0 bridgehead atoms. The van der Waals surface area contributed by atoms with Crippen molar-refractivity contribution in [1.82, 2.24) is 4.90 Å². The van der Waals surface area contributed by atoms with E-state index in [0.717, 1.165) is 13.1 Å². The second kappa shape index (κ2) is 8.25. The molecular formula is C17H22NO3P. The minimum absolute atomic E-state index is 0.0624. The highest BCUT2D eigenvalue weighted by atomic mass is 31.2. The Balaban J connectivity index is 1.98. The van der Waals surface area contributed by atoms with E-state index in [-0.39, 0.29) is 6.16 Å². The quantitative estimate of drug-likeness (QED) is 0.733. The highest BCUT2D eigenvalue weighted by molar-refractivity contribution is 7.51. The normalized spacial score (nSPS) is 11.8. The van der Waals surface area contributed by atoms with Crippen molar-refractivity contribution in [2.45, 2.75) is 19.5 Å². The first-order valence-corrected chi connectivity index (χ1v) is 9.17. The number of hydrogen-bond acceptors (Lipinski definition) is 2. The van der Waals surface area contributed by atoms with Gasteiger partial charge in [-0.1, -0.05) is 60.7 Å². The summed E-state index contributed by atoms with van der Waals surface area (Å²) in [4.78, 5) is 20.2. The molecule has 0 heterocycles. The van der Waals surface area contributed by atoms with Crippen LogP contribution in [0.25, 0.3) is 0 Å². The van der Waals surface area contributed by atoms with Crippen molar-refractivity contribution in [3.8, 4) is 0 Å². The minimum atomic E-state index is -3.91. The van der Waals surface area contributed by atoms with Gasteiger partial charge in [0.15, 0.2) is 0 Å². The van der Waals surface area contributed by atoms with Crippen molar-refractivity contribution >= 4 is 7.60 Å². The predicted octanol–water partition coefficient (Wildman–Crippen LogP) is 3.26. The Bertz CT molecular complexity index is 556. The summed E-state index contributed by atoms with van der Waals surface area (Å²) < 4.78 is 11.0. The maximum Gasteiger partial charge on any atom is 0.325 e. The van der Waals surface area contributed by atoms with E-state index in [0.29, 0.717) is 13.0 Å². The van der Waals surface area contributed by atoms with Gasteiger partial charge < -0.3 is 9.79 Å². The molecule has 0 aliphatic heterocycles. The van der Waals surface area contributed by atoms with E-state index in [4.69, 9.17) is 9.79 Å². The molecule has 2 aromatic carbocycles. The maximum atomic E-state index is 11.0. The molecule has 4 nitrogen and oxygen atoms in total. The lowest BCUT2D eigenvalue weighted by molar-refractivity contribution is 0.255. The zero-order valence-corrected chi connectivity index (χ0v) is 13.4. The maximum absolute atomic E-state index is 11.0. The van der Waals surface area contributed by atoms with Crippen molar-refractivity contribution in [3.63, 3.8) is 0 Å². The zero-order valence-electron chi connectivity index (χ0n) is 12.5. The van der Waals surface area contributed by atoms with E-state index in [2.05, 4.69) is 29.2 Å². The third-order valence-corrected chi connectivity index (χ3v) is 4.32. The van der Waals surface area contributed by atoms with E-state index in [1.54, 1.807) is 0 Å². The van der Waals surface area contributed by atoms with E-state index >= 15 is 0 Å². The van der Waals surface area contributed by atoms with Gasteiger partial charge in [0.1, 0.15) is 0 Å². The van der Waals surface area contributed by atoms with E-state index in [1.807, 2.05) is 36.4 Å². The average molecular weight is 319 g/mol. The number of benzene rings is 2. The summed E-state index contributed by atoms with van der Waals surface area (Å²) in [5.41, 5.74) is 2.41. The molecule has 0 atom stereocenters. The smallest absolute Gasteiger partial charge is 0.324 e. The fraction of sp³-hybridized carbons (Fsp3) is 0.294. The Kier molecular flexibility index (Phi) is 6.34. The van der Waals surface area contributed by atoms with Crippen LogP contribution in [0.15, 0.2) is 60.7 Å². The summed E-state index contributed by atoms with van der Waals surface area (Å²) in [6.45, 7) is 2.21. The van der Waals surface area contributed by atoms with Crippen LogP contribution in [-0.2, 0) is 17.7 Å². The molecule has 2 N–H and O–H groups in total. The van der Waals surface area contributed by atoms with Crippen LogP contribution in [0.3, 0.4) is 0 Å². The number of hydrogen-bond donors (Lipinski definition) is 2. The van der Waals surface area contributed by atoms with Crippen LogP contribution >= 0.6 is 7.60 Å². The number of nitrogens with zero attached hydrogens (tertiary/aromatic N) is 1. The molecule has 22 heavy (non-hydrogen) atoms. The van der Waals surface area contributed by atoms with Gasteiger partial charge in [-0.3, -0.25) is 9.46 Å². The fourth-order valence-electron chi connectivity index (χ4n) is 2.40. The van der Waals surface area contributed by atoms with Gasteiger partial charge in [0.05, 0.1) is 6.16 Å². The lowest BCUT2D eigenvalue weighted by Gasteiger charge is -2.22. The molecular weight excluding hydrogens is 297 g/mol. The fourth-order valence-corrected chi connectivity index (χ4v) is 2.95. The molecule has 0 saturated carbocycles. The largest absolute Gasteiger partial charge is 0.325 e. The summed E-state index contributed by atoms with van der Waals surface area (Å²) in [7, 11) is -3.91. The van der Waals surface area contributed by atoms with Crippen molar-refractivity contribution in [3.05, 3.63) is 71.8 Å². The molecule has 0 fully saturated rings. The van der Waals surface area contributed by atoms with Crippen LogP contribution in [0.4, 0.5) is 0 Å². The van der Waals surface area contributed by atoms with Gasteiger partial charge in [-0.15, -0.1) is 0 Å². The summed E-state index contributed by atoms with van der Waals surface area (Å²) in [6.07, 6.45) is 0.428. The topological polar surface area (TPSA) is 60.8 Å². The molecule has 118 valence electrons. The van der Waals surface area contributed by atoms with Crippen LogP contribution in [0.2, 0.25) is 0 Å². The van der Waals surface area contributed by atoms with Gasteiger partial charge in [-0.2, -0.15) is 0 Å². The molecule has 0 spiro atoms. The van der Waals surface area contributed by atoms with Gasteiger partial charge in [0, 0.05) is 13.1 Å². The lowest BCUT2D eigenvalue weighted by Crippen LogP contribution is -2.24. The molecule has 0 unspecified atom stereocenters. The molecule has 2 aromatic rings. The first-order valence-electron chi connectivity index (χ1n) is 7.38. The first kappa shape index (κ1) is 16.9. The predicted molar refractivity (Wildman–Crippen MR) is 88.5 cm³/mol. The Morgan fingerprint density at radius 1 is 0.818 bits per heavy atom. The van der Waals surface area contributed by atoms with Crippen molar-refractivity contribution in [2.75, 3.05) is 12.7 Å². The summed E-state index contributed by atoms with van der Waals surface area (Å²) in [6, 6.07) is 20.3. The Morgan fingerprint density at radius 3 is 1.68 bits per heavy atom. The van der Waals surface area contributed by atoms with Crippen LogP contribution in [0.5, 0.6) is 0 Å².